The van der Waals surface area contributed by atoms with E-state index in [1.54, 1.807) is 6.92 Å². The lowest BCUT2D eigenvalue weighted by atomic mass is 10.0. The van der Waals surface area contributed by atoms with E-state index in [1.165, 1.54) is 0 Å². The summed E-state index contributed by atoms with van der Waals surface area (Å²) in [5.41, 5.74) is 4.11. The molecule has 0 spiro atoms. The van der Waals surface area contributed by atoms with Gasteiger partial charge in [-0.3, -0.25) is 4.79 Å². The molecule has 2 fully saturated rings. The molecule has 1 amide bonds. The molecule has 2 aromatic carbocycles. The third kappa shape index (κ3) is 3.34. The molecule has 6 rings (SSSR count). The van der Waals surface area contributed by atoms with Gasteiger partial charge in [0.25, 0.3) is 0 Å². The fraction of sp³-hybridized carbons (Fsp3) is 0.280. The quantitative estimate of drug-likeness (QED) is 0.407. The maximum Gasteiger partial charge on any atom is 0.230 e. The monoisotopic (exact) mass is 492 g/mol. The van der Waals surface area contributed by atoms with E-state index < -0.39 is 0 Å². The lowest BCUT2D eigenvalue weighted by Gasteiger charge is -2.34. The summed E-state index contributed by atoms with van der Waals surface area (Å²) in [6.07, 6.45) is 0.937. The number of carbonyl (C=O) groups excluding carboxylic acids is 1. The molecule has 34 heavy (non-hydrogen) atoms. The summed E-state index contributed by atoms with van der Waals surface area (Å²) in [5, 5.41) is 6.29. The van der Waals surface area contributed by atoms with Crippen LogP contribution in [0.4, 0.5) is 5.95 Å². The highest BCUT2D eigenvalue weighted by Gasteiger charge is 2.46. The summed E-state index contributed by atoms with van der Waals surface area (Å²) in [7, 11) is 0. The molecule has 2 aromatic heterocycles. The van der Waals surface area contributed by atoms with E-state index in [2.05, 4.69) is 4.90 Å². The van der Waals surface area contributed by atoms with Gasteiger partial charge in [-0.2, -0.15) is 14.6 Å². The van der Waals surface area contributed by atoms with Crippen LogP contribution in [0, 0.1) is 6.92 Å². The second-order valence-corrected chi connectivity index (χ2v) is 9.73. The third-order valence-corrected chi connectivity index (χ3v) is 7.33. The summed E-state index contributed by atoms with van der Waals surface area (Å²) >= 11 is 12.8. The van der Waals surface area contributed by atoms with Crippen molar-refractivity contribution >= 4 is 40.7 Å². The van der Waals surface area contributed by atoms with E-state index >= 15 is 0 Å². The highest BCUT2D eigenvalue weighted by molar-refractivity contribution is 6.33. The highest BCUT2D eigenvalue weighted by atomic mass is 35.5. The standard InChI is InChI=1S/C25H22Cl2N6O/c1-14-28-24-22(16-7-9-17(26)10-8-16)23(20-5-3-4-6-21(20)27)30-33(24)25(29-14)32-13-18-11-19(32)12-31(18)15(2)34/h3-10,18-19H,11-13H2,1-2H3. The molecular formula is C25H22Cl2N6O. The van der Waals surface area contributed by atoms with Gasteiger partial charge < -0.3 is 9.80 Å². The van der Waals surface area contributed by atoms with Crippen molar-refractivity contribution in [2.75, 3.05) is 18.0 Å². The average Bonchev–Trinajstić information content (AvgIpc) is 3.52. The summed E-state index contributed by atoms with van der Waals surface area (Å²) in [5.74, 6) is 1.53. The van der Waals surface area contributed by atoms with Crippen molar-refractivity contribution in [3.05, 3.63) is 64.4 Å². The Bertz CT molecular complexity index is 1430. The van der Waals surface area contributed by atoms with Gasteiger partial charge in [0, 0.05) is 30.6 Å². The van der Waals surface area contributed by atoms with Crippen molar-refractivity contribution in [2.45, 2.75) is 32.4 Å². The van der Waals surface area contributed by atoms with Gasteiger partial charge in [0.15, 0.2) is 5.65 Å². The van der Waals surface area contributed by atoms with Gasteiger partial charge in [-0.25, -0.2) is 4.98 Å². The molecule has 0 aliphatic carbocycles. The first-order valence-corrected chi connectivity index (χ1v) is 12.0. The van der Waals surface area contributed by atoms with Crippen LogP contribution >= 0.6 is 23.2 Å². The van der Waals surface area contributed by atoms with Crippen molar-refractivity contribution in [2.24, 2.45) is 0 Å². The molecule has 2 saturated heterocycles. The Labute approximate surface area is 206 Å². The first-order valence-electron chi connectivity index (χ1n) is 11.2. The number of amides is 1. The van der Waals surface area contributed by atoms with E-state index in [0.717, 1.165) is 41.3 Å². The summed E-state index contributed by atoms with van der Waals surface area (Å²) < 4.78 is 1.83. The molecule has 0 N–H and O–H groups in total. The van der Waals surface area contributed by atoms with Crippen LogP contribution in [0.25, 0.3) is 28.0 Å². The summed E-state index contributed by atoms with van der Waals surface area (Å²) in [6, 6.07) is 15.7. The molecule has 4 heterocycles. The number of aromatic nitrogens is 4. The Morgan fingerprint density at radius 1 is 1.00 bits per heavy atom. The number of fused-ring (bicyclic) bond motifs is 3. The van der Waals surface area contributed by atoms with Gasteiger partial charge in [0.2, 0.25) is 11.9 Å². The van der Waals surface area contributed by atoms with Gasteiger partial charge in [0.05, 0.1) is 22.7 Å². The third-order valence-electron chi connectivity index (χ3n) is 6.74. The second kappa shape index (κ2) is 7.96. The molecule has 0 radical (unpaired) electrons. The number of hydrogen-bond acceptors (Lipinski definition) is 5. The van der Waals surface area contributed by atoms with Gasteiger partial charge >= 0.3 is 0 Å². The van der Waals surface area contributed by atoms with Crippen molar-refractivity contribution in [3.63, 3.8) is 0 Å². The minimum absolute atomic E-state index is 0.126. The first-order chi connectivity index (χ1) is 16.4. The molecule has 0 saturated carbocycles. The normalized spacial score (nSPS) is 19.4. The zero-order chi connectivity index (χ0) is 23.6. The van der Waals surface area contributed by atoms with Crippen molar-refractivity contribution in [3.8, 4) is 22.4 Å². The van der Waals surface area contributed by atoms with Crippen LogP contribution in [-0.4, -0.2) is 55.6 Å². The maximum atomic E-state index is 12.0. The number of likely N-dealkylation sites (tertiary alicyclic amines) is 1. The zero-order valence-electron chi connectivity index (χ0n) is 18.7. The topological polar surface area (TPSA) is 66.6 Å². The van der Waals surface area contributed by atoms with Crippen LogP contribution in [0.15, 0.2) is 48.5 Å². The minimum atomic E-state index is 0.126. The molecule has 2 atom stereocenters. The summed E-state index contributed by atoms with van der Waals surface area (Å²) in [6.45, 7) is 4.97. The lowest BCUT2D eigenvalue weighted by Crippen LogP contribution is -2.49. The molecule has 9 heteroatoms. The Morgan fingerprint density at radius 2 is 1.76 bits per heavy atom. The predicted molar refractivity (Wildman–Crippen MR) is 133 cm³/mol. The van der Waals surface area contributed by atoms with Crippen molar-refractivity contribution < 1.29 is 4.79 Å². The fourth-order valence-corrected chi connectivity index (χ4v) is 5.58. The van der Waals surface area contributed by atoms with Crippen LogP contribution in [0.5, 0.6) is 0 Å². The predicted octanol–water partition coefficient (Wildman–Crippen LogP) is 4.88. The number of nitrogens with zero attached hydrogens (tertiary/aromatic N) is 6. The van der Waals surface area contributed by atoms with Gasteiger partial charge in [-0.1, -0.05) is 53.5 Å². The molecule has 2 aliphatic heterocycles. The van der Waals surface area contributed by atoms with Crippen LogP contribution in [0.3, 0.4) is 0 Å². The smallest absolute Gasteiger partial charge is 0.230 e. The maximum absolute atomic E-state index is 12.0. The minimum Gasteiger partial charge on any atom is -0.336 e. The number of rotatable bonds is 3. The van der Waals surface area contributed by atoms with Crippen LogP contribution in [-0.2, 0) is 4.79 Å². The Hall–Kier alpha value is -3.16. The Balaban J connectivity index is 1.57. The average molecular weight is 493 g/mol. The van der Waals surface area contributed by atoms with E-state index in [9.17, 15) is 4.79 Å². The second-order valence-electron chi connectivity index (χ2n) is 8.88. The SMILES string of the molecule is CC(=O)N1CC2CC1CN2c1nc(C)nc2c(-c3ccc(Cl)cc3)c(-c3ccccc3Cl)nn12. The molecule has 4 aromatic rings. The number of aryl methyl sites for hydroxylation is 1. The number of anilines is 1. The van der Waals surface area contributed by atoms with Crippen molar-refractivity contribution in [1.82, 2.24) is 24.5 Å². The van der Waals surface area contributed by atoms with Crippen LogP contribution in [0.2, 0.25) is 10.0 Å². The van der Waals surface area contributed by atoms with Crippen LogP contribution in [0.1, 0.15) is 19.2 Å². The molecule has 2 unspecified atom stereocenters. The number of piperazine rings is 1. The van der Waals surface area contributed by atoms with Crippen LogP contribution < -0.4 is 4.90 Å². The summed E-state index contributed by atoms with van der Waals surface area (Å²) in [4.78, 5) is 25.8. The Morgan fingerprint density at radius 3 is 2.44 bits per heavy atom. The van der Waals surface area contributed by atoms with E-state index in [-0.39, 0.29) is 18.0 Å². The molecule has 2 bridgehead atoms. The highest BCUT2D eigenvalue weighted by Crippen LogP contribution is 2.40. The van der Waals surface area contributed by atoms with Gasteiger partial charge in [0.1, 0.15) is 11.5 Å². The van der Waals surface area contributed by atoms with Gasteiger partial charge in [-0.15, -0.1) is 0 Å². The largest absolute Gasteiger partial charge is 0.336 e. The zero-order valence-corrected chi connectivity index (χ0v) is 20.3. The lowest BCUT2D eigenvalue weighted by molar-refractivity contribution is -0.129. The fourth-order valence-electron chi connectivity index (χ4n) is 5.23. The number of carbonyl (C=O) groups is 1. The molecule has 172 valence electrons. The molecule has 2 aliphatic rings. The van der Waals surface area contributed by atoms with Crippen molar-refractivity contribution in [1.29, 1.82) is 0 Å². The molecule has 7 nitrogen and oxygen atoms in total. The van der Waals surface area contributed by atoms with E-state index in [4.69, 9.17) is 38.3 Å². The number of halogens is 2. The number of benzene rings is 2. The van der Waals surface area contributed by atoms with E-state index in [0.29, 0.717) is 28.1 Å². The molecular weight excluding hydrogens is 471 g/mol. The number of hydrogen-bond donors (Lipinski definition) is 0. The first kappa shape index (κ1) is 21.4. The van der Waals surface area contributed by atoms with Gasteiger partial charge in [-0.05, 0) is 37.1 Å². The Kier molecular flexibility index (Phi) is 5.00. The van der Waals surface area contributed by atoms with E-state index in [1.807, 2.05) is 64.9 Å².